The van der Waals surface area contributed by atoms with Crippen LogP contribution in [-0.4, -0.2) is 9.55 Å². The Hall–Kier alpha value is -1.22. The van der Waals surface area contributed by atoms with E-state index in [2.05, 4.69) is 4.98 Å². The Morgan fingerprint density at radius 3 is 3.00 bits per heavy atom. The van der Waals surface area contributed by atoms with Crippen molar-refractivity contribution in [2.24, 2.45) is 7.05 Å². The van der Waals surface area contributed by atoms with Crippen LogP contribution in [0.15, 0.2) is 18.2 Å². The molecule has 0 spiro atoms. The number of hydrogen-bond donors (Lipinski definition) is 1. The SMILES string of the molecule is Cn1c(Cl)nc2cc(N)ccc21. The van der Waals surface area contributed by atoms with Crippen LogP contribution < -0.4 is 5.73 Å². The van der Waals surface area contributed by atoms with Crippen LogP contribution in [0.25, 0.3) is 11.0 Å². The highest BCUT2D eigenvalue weighted by molar-refractivity contribution is 6.29. The molecule has 0 aliphatic carbocycles. The molecule has 0 aliphatic heterocycles. The monoisotopic (exact) mass is 181 g/mol. The van der Waals surface area contributed by atoms with Crippen LogP contribution in [0.4, 0.5) is 5.69 Å². The Balaban J connectivity index is 2.87. The van der Waals surface area contributed by atoms with Crippen molar-refractivity contribution in [1.29, 1.82) is 0 Å². The maximum atomic E-state index is 5.82. The number of nitrogens with two attached hydrogens (primary N) is 1. The molecule has 2 aromatic rings. The molecule has 1 heterocycles. The van der Waals surface area contributed by atoms with E-state index in [1.807, 2.05) is 23.7 Å². The quantitative estimate of drug-likeness (QED) is 0.630. The van der Waals surface area contributed by atoms with E-state index in [0.29, 0.717) is 11.0 Å². The number of halogens is 1. The summed E-state index contributed by atoms with van der Waals surface area (Å²) in [5.74, 6) is 0. The van der Waals surface area contributed by atoms with Gasteiger partial charge in [-0.15, -0.1) is 0 Å². The molecule has 0 atom stereocenters. The number of nitrogen functional groups attached to an aromatic ring is 1. The number of nitrogens with zero attached hydrogens (tertiary/aromatic N) is 2. The summed E-state index contributed by atoms with van der Waals surface area (Å²) in [4.78, 5) is 4.12. The molecule has 12 heavy (non-hydrogen) atoms. The minimum Gasteiger partial charge on any atom is -0.399 e. The Morgan fingerprint density at radius 1 is 1.50 bits per heavy atom. The summed E-state index contributed by atoms with van der Waals surface area (Å²) in [5, 5.41) is 0.482. The Bertz CT molecular complexity index is 433. The second kappa shape index (κ2) is 2.38. The molecular formula is C8H8ClN3. The van der Waals surface area contributed by atoms with Gasteiger partial charge in [-0.1, -0.05) is 0 Å². The van der Waals surface area contributed by atoms with Crippen molar-refractivity contribution < 1.29 is 0 Å². The Labute approximate surface area is 74.8 Å². The number of rotatable bonds is 0. The number of fused-ring (bicyclic) bond motifs is 1. The third kappa shape index (κ3) is 0.940. The van der Waals surface area contributed by atoms with Crippen molar-refractivity contribution in [3.05, 3.63) is 23.5 Å². The van der Waals surface area contributed by atoms with Gasteiger partial charge < -0.3 is 10.3 Å². The van der Waals surface area contributed by atoms with Crippen molar-refractivity contribution >= 4 is 28.3 Å². The average Bonchev–Trinajstić information content (AvgIpc) is 2.28. The van der Waals surface area contributed by atoms with E-state index in [1.54, 1.807) is 6.07 Å². The molecule has 1 aromatic carbocycles. The summed E-state index contributed by atoms with van der Waals surface area (Å²) in [6, 6.07) is 5.55. The fourth-order valence-electron chi connectivity index (χ4n) is 1.19. The molecule has 0 fully saturated rings. The lowest BCUT2D eigenvalue weighted by atomic mass is 10.3. The van der Waals surface area contributed by atoms with Gasteiger partial charge in [0.1, 0.15) is 0 Å². The number of benzene rings is 1. The van der Waals surface area contributed by atoms with Gasteiger partial charge in [0, 0.05) is 12.7 Å². The minimum atomic E-state index is 0.482. The van der Waals surface area contributed by atoms with Crippen molar-refractivity contribution in [3.63, 3.8) is 0 Å². The van der Waals surface area contributed by atoms with Gasteiger partial charge in [-0.05, 0) is 29.8 Å². The summed E-state index contributed by atoms with van der Waals surface area (Å²) in [6.07, 6.45) is 0. The zero-order valence-electron chi connectivity index (χ0n) is 6.58. The molecule has 0 saturated carbocycles. The molecule has 62 valence electrons. The largest absolute Gasteiger partial charge is 0.399 e. The van der Waals surface area contributed by atoms with E-state index in [0.717, 1.165) is 11.0 Å². The van der Waals surface area contributed by atoms with Gasteiger partial charge in [-0.2, -0.15) is 0 Å². The number of anilines is 1. The first-order chi connectivity index (χ1) is 5.68. The van der Waals surface area contributed by atoms with Crippen molar-refractivity contribution in [2.75, 3.05) is 5.73 Å². The van der Waals surface area contributed by atoms with E-state index in [9.17, 15) is 0 Å². The zero-order valence-corrected chi connectivity index (χ0v) is 7.34. The summed E-state index contributed by atoms with van der Waals surface area (Å²) in [6.45, 7) is 0. The number of aromatic nitrogens is 2. The normalized spacial score (nSPS) is 10.8. The smallest absolute Gasteiger partial charge is 0.203 e. The van der Waals surface area contributed by atoms with Gasteiger partial charge in [0.25, 0.3) is 0 Å². The molecule has 0 saturated heterocycles. The minimum absolute atomic E-state index is 0.482. The van der Waals surface area contributed by atoms with E-state index in [1.165, 1.54) is 0 Å². The van der Waals surface area contributed by atoms with Gasteiger partial charge in [0.2, 0.25) is 5.28 Å². The average molecular weight is 182 g/mol. The van der Waals surface area contributed by atoms with E-state index in [-0.39, 0.29) is 0 Å². The Kier molecular flexibility index (Phi) is 1.48. The van der Waals surface area contributed by atoms with Crippen LogP contribution in [0.3, 0.4) is 0 Å². The first-order valence-electron chi connectivity index (χ1n) is 3.56. The third-order valence-corrected chi connectivity index (χ3v) is 2.19. The number of hydrogen-bond acceptors (Lipinski definition) is 2. The van der Waals surface area contributed by atoms with Crippen LogP contribution in [0, 0.1) is 0 Å². The number of imidazole rings is 1. The van der Waals surface area contributed by atoms with Gasteiger partial charge in [-0.3, -0.25) is 0 Å². The van der Waals surface area contributed by atoms with E-state index in [4.69, 9.17) is 17.3 Å². The predicted octanol–water partition coefficient (Wildman–Crippen LogP) is 1.81. The van der Waals surface area contributed by atoms with Crippen LogP contribution in [-0.2, 0) is 7.05 Å². The summed E-state index contributed by atoms with van der Waals surface area (Å²) >= 11 is 5.82. The fraction of sp³-hybridized carbons (Fsp3) is 0.125. The first kappa shape index (κ1) is 7.43. The molecule has 0 amide bonds. The summed E-state index contributed by atoms with van der Waals surface area (Å²) in [7, 11) is 1.87. The van der Waals surface area contributed by atoms with Gasteiger partial charge >= 0.3 is 0 Å². The van der Waals surface area contributed by atoms with Crippen LogP contribution in [0.2, 0.25) is 5.28 Å². The standard InChI is InChI=1S/C8H8ClN3/c1-12-7-3-2-5(10)4-6(7)11-8(12)9/h2-4H,10H2,1H3. The highest BCUT2D eigenvalue weighted by Gasteiger charge is 2.04. The van der Waals surface area contributed by atoms with Crippen LogP contribution >= 0.6 is 11.6 Å². The molecule has 2 rings (SSSR count). The molecule has 2 N–H and O–H groups in total. The van der Waals surface area contributed by atoms with Crippen molar-refractivity contribution in [2.45, 2.75) is 0 Å². The van der Waals surface area contributed by atoms with Gasteiger partial charge in [-0.25, -0.2) is 4.98 Å². The lowest BCUT2D eigenvalue weighted by Crippen LogP contribution is -1.87. The first-order valence-corrected chi connectivity index (χ1v) is 3.94. The predicted molar refractivity (Wildman–Crippen MR) is 50.1 cm³/mol. The second-order valence-corrected chi connectivity index (χ2v) is 3.03. The summed E-state index contributed by atoms with van der Waals surface area (Å²) < 4.78 is 1.82. The molecule has 3 nitrogen and oxygen atoms in total. The van der Waals surface area contributed by atoms with Crippen molar-refractivity contribution in [1.82, 2.24) is 9.55 Å². The third-order valence-electron chi connectivity index (χ3n) is 1.85. The zero-order chi connectivity index (χ0) is 8.72. The second-order valence-electron chi connectivity index (χ2n) is 2.69. The van der Waals surface area contributed by atoms with Crippen LogP contribution in [0.5, 0.6) is 0 Å². The molecule has 1 aromatic heterocycles. The van der Waals surface area contributed by atoms with Gasteiger partial charge in [0.05, 0.1) is 11.0 Å². The lowest BCUT2D eigenvalue weighted by molar-refractivity contribution is 0.949. The number of aryl methyl sites for hydroxylation is 1. The molecule has 4 heteroatoms. The summed E-state index contributed by atoms with van der Waals surface area (Å²) in [5.41, 5.74) is 8.13. The maximum absolute atomic E-state index is 5.82. The van der Waals surface area contributed by atoms with Crippen LogP contribution in [0.1, 0.15) is 0 Å². The molecule has 0 bridgehead atoms. The molecule has 0 radical (unpaired) electrons. The van der Waals surface area contributed by atoms with Crippen molar-refractivity contribution in [3.8, 4) is 0 Å². The maximum Gasteiger partial charge on any atom is 0.203 e. The lowest BCUT2D eigenvalue weighted by Gasteiger charge is -1.94. The highest BCUT2D eigenvalue weighted by Crippen LogP contribution is 2.19. The molecular weight excluding hydrogens is 174 g/mol. The van der Waals surface area contributed by atoms with E-state index < -0.39 is 0 Å². The highest BCUT2D eigenvalue weighted by atomic mass is 35.5. The van der Waals surface area contributed by atoms with Gasteiger partial charge in [0.15, 0.2) is 0 Å². The fourth-order valence-corrected chi connectivity index (χ4v) is 1.37. The molecule has 0 unspecified atom stereocenters. The molecule has 0 aliphatic rings. The Morgan fingerprint density at radius 2 is 2.25 bits per heavy atom. The van der Waals surface area contributed by atoms with E-state index >= 15 is 0 Å². The topological polar surface area (TPSA) is 43.8 Å².